The number of hydrogen-bond donors (Lipinski definition) is 1. The molecule has 0 radical (unpaired) electrons. The molecule has 0 saturated carbocycles. The molecule has 0 heterocycles. The van der Waals surface area contributed by atoms with E-state index < -0.39 is 5.60 Å². The normalized spacial score (nSPS) is 26.2. The molecule has 2 atom stereocenters. The van der Waals surface area contributed by atoms with Crippen LogP contribution in [0.25, 0.3) is 0 Å². The number of hydrogen-bond acceptors (Lipinski definition) is 3. The predicted molar refractivity (Wildman–Crippen MR) is 77.9 cm³/mol. The van der Waals surface area contributed by atoms with E-state index >= 15 is 0 Å². The third kappa shape index (κ3) is 3.28. The summed E-state index contributed by atoms with van der Waals surface area (Å²) in [6.45, 7) is 11.7. The Balaban J connectivity index is 3.13. The molecule has 1 aliphatic rings. The van der Waals surface area contributed by atoms with Crippen molar-refractivity contribution in [3.05, 3.63) is 35.6 Å². The molecule has 0 aromatic carbocycles. The van der Waals surface area contributed by atoms with Crippen LogP contribution in [0, 0.1) is 0 Å². The van der Waals surface area contributed by atoms with Gasteiger partial charge in [0.1, 0.15) is 17.5 Å². The summed E-state index contributed by atoms with van der Waals surface area (Å²) < 4.78 is 11.2. The standard InChI is InChI=1S/C16H26O3/c1-7-8-9-16(17)13(10-11(2)3)14(15(16)18-6)19-12(4)5/h7,10,12,15,17H,1,8-9H2,2-6H3. The Morgan fingerprint density at radius 1 is 1.47 bits per heavy atom. The zero-order chi connectivity index (χ0) is 14.6. The van der Waals surface area contributed by atoms with E-state index in [1.807, 2.05) is 39.8 Å². The second kappa shape index (κ2) is 6.40. The first kappa shape index (κ1) is 16.0. The van der Waals surface area contributed by atoms with Gasteiger partial charge in [0.2, 0.25) is 0 Å². The zero-order valence-electron chi connectivity index (χ0n) is 12.7. The number of ether oxygens (including phenoxy) is 2. The molecule has 2 unspecified atom stereocenters. The topological polar surface area (TPSA) is 38.7 Å². The van der Waals surface area contributed by atoms with Crippen molar-refractivity contribution >= 4 is 0 Å². The number of rotatable bonds is 7. The first-order valence-corrected chi connectivity index (χ1v) is 6.79. The maximum absolute atomic E-state index is 10.8. The molecular weight excluding hydrogens is 240 g/mol. The van der Waals surface area contributed by atoms with E-state index in [1.54, 1.807) is 7.11 Å². The van der Waals surface area contributed by atoms with E-state index in [1.165, 1.54) is 0 Å². The van der Waals surface area contributed by atoms with Crippen molar-refractivity contribution in [2.75, 3.05) is 7.11 Å². The maximum atomic E-state index is 10.8. The van der Waals surface area contributed by atoms with Crippen molar-refractivity contribution in [2.45, 2.75) is 58.3 Å². The molecule has 0 saturated heterocycles. The molecule has 108 valence electrons. The van der Waals surface area contributed by atoms with Crippen LogP contribution in [-0.4, -0.2) is 30.0 Å². The highest BCUT2D eigenvalue weighted by atomic mass is 16.6. The van der Waals surface area contributed by atoms with Crippen LogP contribution in [0.2, 0.25) is 0 Å². The van der Waals surface area contributed by atoms with Crippen LogP contribution in [0.3, 0.4) is 0 Å². The Hall–Kier alpha value is -1.06. The van der Waals surface area contributed by atoms with Gasteiger partial charge in [-0.05, 0) is 40.5 Å². The summed E-state index contributed by atoms with van der Waals surface area (Å²) in [5.74, 6) is 0.755. The molecule has 1 rings (SSSR count). The van der Waals surface area contributed by atoms with E-state index in [9.17, 15) is 5.11 Å². The first-order chi connectivity index (χ1) is 8.86. The van der Waals surface area contributed by atoms with Gasteiger partial charge in [-0.25, -0.2) is 0 Å². The molecule has 3 nitrogen and oxygen atoms in total. The Morgan fingerprint density at radius 3 is 2.53 bits per heavy atom. The third-order valence-corrected chi connectivity index (χ3v) is 3.16. The minimum atomic E-state index is -0.968. The zero-order valence-corrected chi connectivity index (χ0v) is 12.7. The smallest absolute Gasteiger partial charge is 0.147 e. The highest BCUT2D eigenvalue weighted by Crippen LogP contribution is 2.46. The highest BCUT2D eigenvalue weighted by Gasteiger charge is 2.53. The van der Waals surface area contributed by atoms with Gasteiger partial charge in [-0.2, -0.15) is 0 Å². The Labute approximate surface area is 116 Å². The van der Waals surface area contributed by atoms with Crippen molar-refractivity contribution in [3.63, 3.8) is 0 Å². The second-order valence-corrected chi connectivity index (χ2v) is 5.53. The fraction of sp³-hybridized carbons (Fsp3) is 0.625. The van der Waals surface area contributed by atoms with Gasteiger partial charge in [-0.15, -0.1) is 6.58 Å². The lowest BCUT2D eigenvalue weighted by Crippen LogP contribution is -2.55. The lowest BCUT2D eigenvalue weighted by molar-refractivity contribution is -0.116. The summed E-state index contributed by atoms with van der Waals surface area (Å²) in [5.41, 5.74) is 1.01. The molecular formula is C16H26O3. The van der Waals surface area contributed by atoms with Crippen LogP contribution in [-0.2, 0) is 9.47 Å². The molecule has 0 aromatic heterocycles. The third-order valence-electron chi connectivity index (χ3n) is 3.16. The van der Waals surface area contributed by atoms with Crippen LogP contribution in [0.4, 0.5) is 0 Å². The van der Waals surface area contributed by atoms with E-state index in [2.05, 4.69) is 6.58 Å². The Kier molecular flexibility index (Phi) is 5.39. The summed E-state index contributed by atoms with van der Waals surface area (Å²) in [7, 11) is 1.60. The van der Waals surface area contributed by atoms with Crippen LogP contribution in [0.1, 0.15) is 40.5 Å². The van der Waals surface area contributed by atoms with E-state index in [0.29, 0.717) is 6.42 Å². The van der Waals surface area contributed by atoms with Crippen molar-refractivity contribution in [1.29, 1.82) is 0 Å². The lowest BCUT2D eigenvalue weighted by Gasteiger charge is -2.47. The van der Waals surface area contributed by atoms with Gasteiger partial charge < -0.3 is 14.6 Å². The Bertz CT molecular complexity index is 389. The summed E-state index contributed by atoms with van der Waals surface area (Å²) >= 11 is 0. The fourth-order valence-corrected chi connectivity index (χ4v) is 2.39. The van der Waals surface area contributed by atoms with Gasteiger partial charge in [0, 0.05) is 12.7 Å². The lowest BCUT2D eigenvalue weighted by atomic mass is 9.71. The summed E-state index contributed by atoms with van der Waals surface area (Å²) in [6, 6.07) is 0. The summed E-state index contributed by atoms with van der Waals surface area (Å²) in [6.07, 6.45) is 4.81. The molecule has 0 aliphatic heterocycles. The van der Waals surface area contributed by atoms with Gasteiger partial charge in [0.15, 0.2) is 0 Å². The van der Waals surface area contributed by atoms with Gasteiger partial charge in [0.25, 0.3) is 0 Å². The molecule has 1 N–H and O–H groups in total. The Morgan fingerprint density at radius 2 is 2.11 bits per heavy atom. The van der Waals surface area contributed by atoms with Gasteiger partial charge in [0.05, 0.1) is 6.10 Å². The van der Waals surface area contributed by atoms with Crippen LogP contribution in [0.5, 0.6) is 0 Å². The largest absolute Gasteiger partial charge is 0.492 e. The van der Waals surface area contributed by atoms with E-state index in [-0.39, 0.29) is 12.2 Å². The monoisotopic (exact) mass is 266 g/mol. The number of methoxy groups -OCH3 is 1. The van der Waals surface area contributed by atoms with E-state index in [0.717, 1.165) is 23.3 Å². The molecule has 0 spiro atoms. The number of allylic oxidation sites excluding steroid dienone is 2. The van der Waals surface area contributed by atoms with Crippen LogP contribution in [0.15, 0.2) is 35.6 Å². The second-order valence-electron chi connectivity index (χ2n) is 5.53. The van der Waals surface area contributed by atoms with Crippen molar-refractivity contribution < 1.29 is 14.6 Å². The van der Waals surface area contributed by atoms with Crippen LogP contribution < -0.4 is 0 Å². The number of aliphatic hydroxyl groups is 1. The highest BCUT2D eigenvalue weighted by molar-refractivity contribution is 5.47. The minimum absolute atomic E-state index is 0.0668. The average Bonchev–Trinajstić information content (AvgIpc) is 2.32. The maximum Gasteiger partial charge on any atom is 0.147 e. The van der Waals surface area contributed by atoms with Gasteiger partial charge in [-0.1, -0.05) is 17.7 Å². The minimum Gasteiger partial charge on any atom is -0.492 e. The predicted octanol–water partition coefficient (Wildman–Crippen LogP) is 3.36. The van der Waals surface area contributed by atoms with Crippen molar-refractivity contribution in [1.82, 2.24) is 0 Å². The average molecular weight is 266 g/mol. The first-order valence-electron chi connectivity index (χ1n) is 6.79. The summed E-state index contributed by atoms with van der Waals surface area (Å²) in [4.78, 5) is 0. The van der Waals surface area contributed by atoms with Crippen molar-refractivity contribution in [2.24, 2.45) is 0 Å². The van der Waals surface area contributed by atoms with Gasteiger partial charge >= 0.3 is 0 Å². The molecule has 0 aromatic rings. The molecule has 19 heavy (non-hydrogen) atoms. The molecule has 3 heteroatoms. The molecule has 0 bridgehead atoms. The SMILES string of the molecule is C=CCCC1(O)C(C=C(C)C)=C(OC(C)C)C1OC. The quantitative estimate of drug-likeness (QED) is 0.718. The molecule has 1 aliphatic carbocycles. The van der Waals surface area contributed by atoms with E-state index in [4.69, 9.17) is 9.47 Å². The molecule has 0 amide bonds. The van der Waals surface area contributed by atoms with Gasteiger partial charge in [-0.3, -0.25) is 0 Å². The fourth-order valence-electron chi connectivity index (χ4n) is 2.39. The molecule has 0 fully saturated rings. The van der Waals surface area contributed by atoms with Crippen molar-refractivity contribution in [3.8, 4) is 0 Å². The summed E-state index contributed by atoms with van der Waals surface area (Å²) in [5, 5.41) is 10.8. The van der Waals surface area contributed by atoms with Crippen LogP contribution >= 0.6 is 0 Å².